The molecular formula is C15H20N4S. The summed E-state index contributed by atoms with van der Waals surface area (Å²) < 4.78 is 0. The molecule has 1 saturated carbocycles. The quantitative estimate of drug-likeness (QED) is 0.885. The highest BCUT2D eigenvalue weighted by Crippen LogP contribution is 2.39. The Balaban J connectivity index is 1.75. The van der Waals surface area contributed by atoms with E-state index in [1.165, 1.54) is 18.4 Å². The van der Waals surface area contributed by atoms with Gasteiger partial charge in [-0.05, 0) is 55.5 Å². The molecule has 3 N–H and O–H groups in total. The molecule has 4 nitrogen and oxygen atoms in total. The van der Waals surface area contributed by atoms with Crippen LogP contribution in [0.4, 0.5) is 11.6 Å². The number of aromatic nitrogens is 2. The number of anilines is 2. The summed E-state index contributed by atoms with van der Waals surface area (Å²) in [7, 11) is 0. The normalized spacial score (nSPS) is 16.1. The second-order valence-corrected chi connectivity index (χ2v) is 6.38. The summed E-state index contributed by atoms with van der Waals surface area (Å²) in [4.78, 5) is 9.07. The van der Waals surface area contributed by atoms with Crippen LogP contribution in [0, 0.1) is 6.92 Å². The first-order valence-corrected chi connectivity index (χ1v) is 7.99. The minimum Gasteiger partial charge on any atom is -0.383 e. The van der Waals surface area contributed by atoms with Gasteiger partial charge in [-0.1, -0.05) is 0 Å². The number of thiophene rings is 1. The van der Waals surface area contributed by atoms with Crippen molar-refractivity contribution in [2.45, 2.75) is 45.1 Å². The second kappa shape index (κ2) is 5.40. The lowest BCUT2D eigenvalue weighted by atomic mass is 10.1. The monoisotopic (exact) mass is 288 g/mol. The number of nitrogen functional groups attached to an aromatic ring is 1. The van der Waals surface area contributed by atoms with E-state index >= 15 is 0 Å². The van der Waals surface area contributed by atoms with E-state index in [4.69, 9.17) is 5.73 Å². The number of hydrogen-bond donors (Lipinski definition) is 2. The average Bonchev–Trinajstić information content (AvgIpc) is 3.14. The summed E-state index contributed by atoms with van der Waals surface area (Å²) in [5, 5.41) is 7.79. The molecule has 5 heteroatoms. The van der Waals surface area contributed by atoms with Crippen molar-refractivity contribution >= 4 is 23.0 Å². The molecular weight excluding hydrogens is 268 g/mol. The van der Waals surface area contributed by atoms with Crippen molar-refractivity contribution in [3.63, 3.8) is 0 Å². The standard InChI is InChI=1S/C15H20N4S/c1-9(7-11-5-6-20-8-11)17-14-10(2)13(16)18-15(19-14)12-3-4-12/h5-6,8-9,12H,3-4,7H2,1-2H3,(H3,16,17,18,19). The Morgan fingerprint density at radius 3 is 2.90 bits per heavy atom. The predicted octanol–water partition coefficient (Wildman–Crippen LogP) is 3.35. The molecule has 20 heavy (non-hydrogen) atoms. The smallest absolute Gasteiger partial charge is 0.136 e. The number of nitrogens with one attached hydrogen (secondary N) is 1. The van der Waals surface area contributed by atoms with E-state index in [9.17, 15) is 0 Å². The van der Waals surface area contributed by atoms with Crippen molar-refractivity contribution in [1.29, 1.82) is 0 Å². The number of hydrogen-bond acceptors (Lipinski definition) is 5. The molecule has 1 fully saturated rings. The minimum absolute atomic E-state index is 0.324. The molecule has 0 amide bonds. The Hall–Kier alpha value is -1.62. The molecule has 0 radical (unpaired) electrons. The van der Waals surface area contributed by atoms with Crippen molar-refractivity contribution in [2.24, 2.45) is 0 Å². The summed E-state index contributed by atoms with van der Waals surface area (Å²) in [6.07, 6.45) is 3.37. The predicted molar refractivity (Wildman–Crippen MR) is 84.3 cm³/mol. The average molecular weight is 288 g/mol. The summed E-state index contributed by atoms with van der Waals surface area (Å²) in [5.74, 6) is 2.92. The Morgan fingerprint density at radius 1 is 1.45 bits per heavy atom. The molecule has 1 atom stereocenters. The maximum absolute atomic E-state index is 6.01. The van der Waals surface area contributed by atoms with Gasteiger partial charge in [0, 0.05) is 17.5 Å². The van der Waals surface area contributed by atoms with E-state index in [2.05, 4.69) is 39.0 Å². The highest BCUT2D eigenvalue weighted by molar-refractivity contribution is 7.07. The summed E-state index contributed by atoms with van der Waals surface area (Å²) in [6, 6.07) is 2.49. The van der Waals surface area contributed by atoms with Gasteiger partial charge in [-0.25, -0.2) is 9.97 Å². The van der Waals surface area contributed by atoms with Crippen molar-refractivity contribution < 1.29 is 0 Å². The maximum atomic E-state index is 6.01. The minimum atomic E-state index is 0.324. The number of rotatable bonds is 5. The lowest BCUT2D eigenvalue weighted by Crippen LogP contribution is -2.20. The summed E-state index contributed by atoms with van der Waals surface area (Å²) in [5.41, 5.74) is 8.32. The fourth-order valence-electron chi connectivity index (χ4n) is 2.26. The van der Waals surface area contributed by atoms with Crippen LogP contribution in [-0.2, 0) is 6.42 Å². The molecule has 0 aliphatic heterocycles. The third-order valence-corrected chi connectivity index (χ3v) is 4.38. The van der Waals surface area contributed by atoms with Crippen LogP contribution in [0.1, 0.15) is 42.6 Å². The van der Waals surface area contributed by atoms with Crippen LogP contribution < -0.4 is 11.1 Å². The van der Waals surface area contributed by atoms with Gasteiger partial charge in [0.25, 0.3) is 0 Å². The van der Waals surface area contributed by atoms with E-state index in [-0.39, 0.29) is 0 Å². The van der Waals surface area contributed by atoms with Crippen LogP contribution in [0.25, 0.3) is 0 Å². The van der Waals surface area contributed by atoms with Crippen molar-refractivity contribution in [2.75, 3.05) is 11.1 Å². The van der Waals surface area contributed by atoms with E-state index < -0.39 is 0 Å². The van der Waals surface area contributed by atoms with E-state index in [1.807, 2.05) is 6.92 Å². The maximum Gasteiger partial charge on any atom is 0.136 e. The molecule has 0 saturated heterocycles. The third kappa shape index (κ3) is 2.93. The van der Waals surface area contributed by atoms with E-state index in [0.29, 0.717) is 17.8 Å². The van der Waals surface area contributed by atoms with Crippen LogP contribution in [0.3, 0.4) is 0 Å². The second-order valence-electron chi connectivity index (χ2n) is 5.60. The summed E-state index contributed by atoms with van der Waals surface area (Å²) >= 11 is 1.73. The number of nitrogens with two attached hydrogens (primary N) is 1. The molecule has 0 spiro atoms. The first-order valence-electron chi connectivity index (χ1n) is 7.05. The zero-order chi connectivity index (χ0) is 14.1. The van der Waals surface area contributed by atoms with Crippen LogP contribution >= 0.6 is 11.3 Å². The Bertz CT molecular complexity index is 590. The zero-order valence-electron chi connectivity index (χ0n) is 11.9. The lowest BCUT2D eigenvalue weighted by Gasteiger charge is -2.17. The Kier molecular flexibility index (Phi) is 3.61. The van der Waals surface area contributed by atoms with Gasteiger partial charge >= 0.3 is 0 Å². The molecule has 1 aliphatic rings. The van der Waals surface area contributed by atoms with Crippen LogP contribution in [0.2, 0.25) is 0 Å². The topological polar surface area (TPSA) is 63.8 Å². The zero-order valence-corrected chi connectivity index (χ0v) is 12.7. The third-order valence-electron chi connectivity index (χ3n) is 3.65. The highest BCUT2D eigenvalue weighted by Gasteiger charge is 2.28. The fraction of sp³-hybridized carbons (Fsp3) is 0.467. The molecule has 2 aromatic rings. The lowest BCUT2D eigenvalue weighted by molar-refractivity contribution is 0.779. The van der Waals surface area contributed by atoms with Gasteiger partial charge in [-0.3, -0.25) is 0 Å². The van der Waals surface area contributed by atoms with Crippen LogP contribution in [-0.4, -0.2) is 16.0 Å². The van der Waals surface area contributed by atoms with Gasteiger partial charge in [0.05, 0.1) is 0 Å². The van der Waals surface area contributed by atoms with Gasteiger partial charge < -0.3 is 11.1 Å². The van der Waals surface area contributed by atoms with Gasteiger partial charge in [0.15, 0.2) is 0 Å². The van der Waals surface area contributed by atoms with Crippen molar-refractivity contribution in [3.05, 3.63) is 33.8 Å². The van der Waals surface area contributed by atoms with Gasteiger partial charge in [-0.2, -0.15) is 11.3 Å². The van der Waals surface area contributed by atoms with Gasteiger partial charge in [0.1, 0.15) is 17.5 Å². The first-order chi connectivity index (χ1) is 9.63. The van der Waals surface area contributed by atoms with Crippen LogP contribution in [0.15, 0.2) is 16.8 Å². The molecule has 0 aromatic carbocycles. The van der Waals surface area contributed by atoms with Crippen molar-refractivity contribution in [3.8, 4) is 0 Å². The molecule has 2 aromatic heterocycles. The van der Waals surface area contributed by atoms with Crippen LogP contribution in [0.5, 0.6) is 0 Å². The molecule has 106 valence electrons. The number of nitrogens with zero attached hydrogens (tertiary/aromatic N) is 2. The van der Waals surface area contributed by atoms with Gasteiger partial charge in [-0.15, -0.1) is 0 Å². The summed E-state index contributed by atoms with van der Waals surface area (Å²) in [6.45, 7) is 4.15. The SMILES string of the molecule is Cc1c(N)nc(C2CC2)nc1NC(C)Cc1ccsc1. The van der Waals surface area contributed by atoms with Crippen molar-refractivity contribution in [1.82, 2.24) is 9.97 Å². The molecule has 1 unspecified atom stereocenters. The largest absolute Gasteiger partial charge is 0.383 e. The first kappa shape index (κ1) is 13.4. The molecule has 2 heterocycles. The molecule has 1 aliphatic carbocycles. The highest BCUT2D eigenvalue weighted by atomic mass is 32.1. The molecule has 3 rings (SSSR count). The van der Waals surface area contributed by atoms with E-state index in [1.54, 1.807) is 11.3 Å². The van der Waals surface area contributed by atoms with Gasteiger partial charge in [0.2, 0.25) is 0 Å². The Morgan fingerprint density at radius 2 is 2.25 bits per heavy atom. The van der Waals surface area contributed by atoms with E-state index in [0.717, 1.165) is 23.6 Å². The fourth-order valence-corrected chi connectivity index (χ4v) is 2.94. The molecule has 0 bridgehead atoms. The Labute approximate surface area is 123 Å².